The second-order valence-corrected chi connectivity index (χ2v) is 5.74. The normalized spacial score (nSPS) is 10.4. The maximum atomic E-state index is 6.35. The molecular weight excluding hydrogens is 322 g/mol. The van der Waals surface area contributed by atoms with Crippen molar-refractivity contribution in [2.24, 2.45) is 5.84 Å². The van der Waals surface area contributed by atoms with Crippen LogP contribution in [0.4, 0.5) is 11.8 Å². The number of rotatable bonds is 6. The molecule has 1 aromatic heterocycles. The van der Waals surface area contributed by atoms with E-state index in [-0.39, 0.29) is 0 Å². The fraction of sp³-hybridized carbons (Fsp3) is 0.111. The number of aromatic nitrogens is 2. The van der Waals surface area contributed by atoms with Gasteiger partial charge in [-0.25, -0.2) is 10.8 Å². The molecule has 5 nitrogen and oxygen atoms in total. The second-order valence-electron chi connectivity index (χ2n) is 5.34. The monoisotopic (exact) mass is 339 g/mol. The number of anilines is 2. The lowest BCUT2D eigenvalue weighted by atomic mass is 10.1. The molecule has 0 saturated heterocycles. The van der Waals surface area contributed by atoms with Crippen LogP contribution in [0.3, 0.4) is 0 Å². The number of benzene rings is 2. The van der Waals surface area contributed by atoms with Gasteiger partial charge in [-0.15, -0.1) is 0 Å². The number of hydrogen-bond acceptors (Lipinski definition) is 5. The van der Waals surface area contributed by atoms with Gasteiger partial charge in [-0.1, -0.05) is 72.3 Å². The molecule has 0 aliphatic rings. The highest BCUT2D eigenvalue weighted by molar-refractivity contribution is 6.32. The molecule has 0 aliphatic carbocycles. The SMILES string of the molecule is NNc1ncc(Cl)c(N(Cc2ccccc2)Cc2ccccc2)n1. The van der Waals surface area contributed by atoms with Crippen LogP contribution in [-0.2, 0) is 13.1 Å². The lowest BCUT2D eigenvalue weighted by molar-refractivity contribution is 0.781. The second kappa shape index (κ2) is 7.77. The van der Waals surface area contributed by atoms with Gasteiger partial charge in [0.25, 0.3) is 0 Å². The Bertz CT molecular complexity index is 738. The van der Waals surface area contributed by atoms with E-state index in [1.165, 1.54) is 11.1 Å². The number of nitrogens with one attached hydrogen (secondary N) is 1. The van der Waals surface area contributed by atoms with Crippen LogP contribution in [0.25, 0.3) is 0 Å². The van der Waals surface area contributed by atoms with Crippen molar-refractivity contribution >= 4 is 23.4 Å². The van der Waals surface area contributed by atoms with Gasteiger partial charge in [0, 0.05) is 13.1 Å². The molecule has 1 heterocycles. The summed E-state index contributed by atoms with van der Waals surface area (Å²) in [6.07, 6.45) is 1.56. The van der Waals surface area contributed by atoms with E-state index in [0.29, 0.717) is 29.9 Å². The molecule has 0 unspecified atom stereocenters. The first kappa shape index (κ1) is 16.2. The number of hydrogen-bond donors (Lipinski definition) is 2. The third-order valence-electron chi connectivity index (χ3n) is 3.59. The van der Waals surface area contributed by atoms with E-state index in [1.54, 1.807) is 6.20 Å². The summed E-state index contributed by atoms with van der Waals surface area (Å²) >= 11 is 6.35. The summed E-state index contributed by atoms with van der Waals surface area (Å²) < 4.78 is 0. The Hall–Kier alpha value is -2.63. The van der Waals surface area contributed by atoms with Crippen molar-refractivity contribution in [2.75, 3.05) is 10.3 Å². The van der Waals surface area contributed by atoms with E-state index in [4.69, 9.17) is 17.4 Å². The van der Waals surface area contributed by atoms with Crippen LogP contribution in [-0.4, -0.2) is 9.97 Å². The molecule has 0 saturated carbocycles. The minimum Gasteiger partial charge on any atom is -0.347 e. The predicted molar refractivity (Wildman–Crippen MR) is 97.6 cm³/mol. The van der Waals surface area contributed by atoms with Gasteiger partial charge in [-0.2, -0.15) is 4.98 Å². The summed E-state index contributed by atoms with van der Waals surface area (Å²) in [5, 5.41) is 0.487. The molecule has 0 amide bonds. The predicted octanol–water partition coefficient (Wildman–Crippen LogP) is 3.62. The molecule has 6 heteroatoms. The Kier molecular flexibility index (Phi) is 5.25. The summed E-state index contributed by atoms with van der Waals surface area (Å²) in [6, 6.07) is 20.4. The average molecular weight is 340 g/mol. The standard InChI is InChI=1S/C18H18ClN5/c19-16-11-21-18(23-20)22-17(16)24(12-14-7-3-1-4-8-14)13-15-9-5-2-6-10-15/h1-11H,12-13,20H2,(H,21,22,23). The van der Waals surface area contributed by atoms with Crippen molar-refractivity contribution in [2.45, 2.75) is 13.1 Å². The number of nitrogen functional groups attached to an aromatic ring is 1. The summed E-state index contributed by atoms with van der Waals surface area (Å²) in [5.41, 5.74) is 4.81. The first-order valence-corrected chi connectivity index (χ1v) is 7.96. The van der Waals surface area contributed by atoms with Gasteiger partial charge in [0.15, 0.2) is 5.82 Å². The van der Waals surface area contributed by atoms with E-state index >= 15 is 0 Å². The van der Waals surface area contributed by atoms with Crippen LogP contribution < -0.4 is 16.2 Å². The van der Waals surface area contributed by atoms with E-state index in [0.717, 1.165) is 0 Å². The van der Waals surface area contributed by atoms with Gasteiger partial charge in [0.05, 0.1) is 6.20 Å². The van der Waals surface area contributed by atoms with Crippen molar-refractivity contribution < 1.29 is 0 Å². The highest BCUT2D eigenvalue weighted by Crippen LogP contribution is 2.26. The van der Waals surface area contributed by atoms with Gasteiger partial charge in [-0.05, 0) is 11.1 Å². The Morgan fingerprint density at radius 3 is 1.96 bits per heavy atom. The number of hydrazine groups is 1. The summed E-state index contributed by atoms with van der Waals surface area (Å²) in [7, 11) is 0. The molecule has 3 aromatic rings. The molecule has 122 valence electrons. The van der Waals surface area contributed by atoms with E-state index in [2.05, 4.69) is 44.6 Å². The first-order chi connectivity index (χ1) is 11.8. The summed E-state index contributed by atoms with van der Waals surface area (Å²) in [6.45, 7) is 1.35. The quantitative estimate of drug-likeness (QED) is 0.530. The maximum Gasteiger partial charge on any atom is 0.239 e. The largest absolute Gasteiger partial charge is 0.347 e. The molecule has 2 aromatic carbocycles. The fourth-order valence-electron chi connectivity index (χ4n) is 2.46. The van der Waals surface area contributed by atoms with Crippen molar-refractivity contribution in [3.8, 4) is 0 Å². The van der Waals surface area contributed by atoms with Gasteiger partial charge < -0.3 is 4.90 Å². The molecule has 3 N–H and O–H groups in total. The van der Waals surface area contributed by atoms with E-state index < -0.39 is 0 Å². The summed E-state index contributed by atoms with van der Waals surface area (Å²) in [5.74, 6) is 6.42. The van der Waals surface area contributed by atoms with Crippen LogP contribution in [0.2, 0.25) is 5.02 Å². The first-order valence-electron chi connectivity index (χ1n) is 7.58. The summed E-state index contributed by atoms with van der Waals surface area (Å²) in [4.78, 5) is 10.6. The third-order valence-corrected chi connectivity index (χ3v) is 3.85. The Labute approximate surface area is 146 Å². The van der Waals surface area contributed by atoms with Crippen LogP contribution in [0.1, 0.15) is 11.1 Å². The Morgan fingerprint density at radius 2 is 1.46 bits per heavy atom. The van der Waals surface area contributed by atoms with Crippen molar-refractivity contribution in [1.29, 1.82) is 0 Å². The van der Waals surface area contributed by atoms with Crippen LogP contribution in [0.5, 0.6) is 0 Å². The maximum absolute atomic E-state index is 6.35. The smallest absolute Gasteiger partial charge is 0.239 e. The van der Waals surface area contributed by atoms with Crippen molar-refractivity contribution in [1.82, 2.24) is 9.97 Å². The zero-order valence-electron chi connectivity index (χ0n) is 13.1. The van der Waals surface area contributed by atoms with Crippen LogP contribution >= 0.6 is 11.6 Å². The molecule has 0 atom stereocenters. The molecule has 0 radical (unpaired) electrons. The van der Waals surface area contributed by atoms with Crippen LogP contribution in [0, 0.1) is 0 Å². The van der Waals surface area contributed by atoms with Gasteiger partial charge in [0.1, 0.15) is 5.02 Å². The Morgan fingerprint density at radius 1 is 0.917 bits per heavy atom. The van der Waals surface area contributed by atoms with Gasteiger partial charge in [-0.3, -0.25) is 5.43 Å². The number of nitrogens with two attached hydrogens (primary N) is 1. The molecule has 0 aliphatic heterocycles. The number of nitrogens with zero attached hydrogens (tertiary/aromatic N) is 3. The minimum absolute atomic E-state index is 0.334. The minimum atomic E-state index is 0.334. The van der Waals surface area contributed by atoms with Crippen molar-refractivity contribution in [3.63, 3.8) is 0 Å². The van der Waals surface area contributed by atoms with E-state index in [9.17, 15) is 0 Å². The zero-order valence-corrected chi connectivity index (χ0v) is 13.8. The molecule has 3 rings (SSSR count). The topological polar surface area (TPSA) is 67.1 Å². The molecular formula is C18H18ClN5. The van der Waals surface area contributed by atoms with Gasteiger partial charge in [0.2, 0.25) is 5.95 Å². The lowest BCUT2D eigenvalue weighted by Gasteiger charge is -2.25. The Balaban J connectivity index is 1.95. The average Bonchev–Trinajstić information content (AvgIpc) is 2.63. The van der Waals surface area contributed by atoms with Crippen LogP contribution in [0.15, 0.2) is 66.9 Å². The molecule has 24 heavy (non-hydrogen) atoms. The zero-order chi connectivity index (χ0) is 16.8. The van der Waals surface area contributed by atoms with E-state index in [1.807, 2.05) is 36.4 Å². The molecule has 0 spiro atoms. The fourth-order valence-corrected chi connectivity index (χ4v) is 2.67. The molecule has 0 fully saturated rings. The lowest BCUT2D eigenvalue weighted by Crippen LogP contribution is -2.24. The highest BCUT2D eigenvalue weighted by Gasteiger charge is 2.15. The highest BCUT2D eigenvalue weighted by atomic mass is 35.5. The third kappa shape index (κ3) is 4.01. The molecule has 0 bridgehead atoms. The number of halogens is 1. The van der Waals surface area contributed by atoms with Gasteiger partial charge >= 0.3 is 0 Å². The van der Waals surface area contributed by atoms with Crippen molar-refractivity contribution in [3.05, 3.63) is 83.0 Å².